The van der Waals surface area contributed by atoms with Gasteiger partial charge in [-0.3, -0.25) is 4.79 Å². The molecule has 1 heterocycles. The van der Waals surface area contributed by atoms with Gasteiger partial charge in [-0.25, -0.2) is 9.80 Å². The second-order valence-corrected chi connectivity index (χ2v) is 7.55. The summed E-state index contributed by atoms with van der Waals surface area (Å²) in [7, 11) is 3.16. The Labute approximate surface area is 173 Å². The summed E-state index contributed by atoms with van der Waals surface area (Å²) in [6.45, 7) is 2.28. The van der Waals surface area contributed by atoms with Gasteiger partial charge in [0.05, 0.1) is 37.3 Å². The molecular formula is C21H22N2O5S. The molecule has 152 valence electrons. The molecule has 2 aromatic rings. The minimum absolute atomic E-state index is 0.0637. The molecule has 0 aliphatic carbocycles. The number of nitrogens with zero attached hydrogens (tertiary/aromatic N) is 2. The molecular weight excluding hydrogens is 392 g/mol. The molecule has 7 nitrogen and oxygen atoms in total. The Balaban J connectivity index is 1.92. The third-order valence-corrected chi connectivity index (χ3v) is 5.82. The van der Waals surface area contributed by atoms with Crippen molar-refractivity contribution in [1.29, 1.82) is 0 Å². The zero-order chi connectivity index (χ0) is 21.0. The van der Waals surface area contributed by atoms with E-state index in [1.165, 1.54) is 28.9 Å². The number of hydrogen-bond donors (Lipinski definition) is 1. The van der Waals surface area contributed by atoms with E-state index in [1.54, 1.807) is 26.4 Å². The Morgan fingerprint density at radius 3 is 2.41 bits per heavy atom. The second kappa shape index (κ2) is 9.00. The van der Waals surface area contributed by atoms with Crippen LogP contribution in [0.1, 0.15) is 34.8 Å². The molecule has 3 rings (SSSR count). The van der Waals surface area contributed by atoms with E-state index in [2.05, 4.69) is 5.10 Å². The fourth-order valence-corrected chi connectivity index (χ4v) is 3.95. The maximum atomic E-state index is 12.6. The number of benzene rings is 2. The highest BCUT2D eigenvalue weighted by atomic mass is 32.2. The molecule has 0 spiro atoms. The van der Waals surface area contributed by atoms with Crippen LogP contribution in [0.25, 0.3) is 0 Å². The van der Waals surface area contributed by atoms with E-state index in [-0.39, 0.29) is 22.6 Å². The third kappa shape index (κ3) is 4.54. The lowest BCUT2D eigenvalue weighted by molar-refractivity contribution is 0.0697. The average molecular weight is 414 g/mol. The lowest BCUT2D eigenvalue weighted by Gasteiger charge is -2.28. The van der Waals surface area contributed by atoms with Crippen molar-refractivity contribution >= 4 is 28.7 Å². The molecule has 1 unspecified atom stereocenters. The third-order valence-electron chi connectivity index (χ3n) is 4.57. The number of hydrogen-bond acceptors (Lipinski definition) is 6. The van der Waals surface area contributed by atoms with Gasteiger partial charge in [-0.15, -0.1) is 0 Å². The van der Waals surface area contributed by atoms with Crippen LogP contribution < -0.4 is 9.47 Å². The van der Waals surface area contributed by atoms with E-state index < -0.39 is 5.97 Å². The van der Waals surface area contributed by atoms with Crippen molar-refractivity contribution in [2.24, 2.45) is 5.10 Å². The predicted octanol–water partition coefficient (Wildman–Crippen LogP) is 4.25. The lowest BCUT2D eigenvalue weighted by atomic mass is 10.0. The summed E-state index contributed by atoms with van der Waals surface area (Å²) in [6, 6.07) is 12.0. The van der Waals surface area contributed by atoms with Crippen molar-refractivity contribution in [2.75, 3.05) is 14.2 Å². The van der Waals surface area contributed by atoms with Gasteiger partial charge in [0.25, 0.3) is 0 Å². The summed E-state index contributed by atoms with van der Waals surface area (Å²) < 4.78 is 10.7. The first-order chi connectivity index (χ1) is 14.0. The second-order valence-electron chi connectivity index (χ2n) is 6.40. The van der Waals surface area contributed by atoms with Gasteiger partial charge in [-0.1, -0.05) is 30.8 Å². The largest absolute Gasteiger partial charge is 0.493 e. The standard InChI is InChI=1S/C21H22N2O5S/c1-4-18-19(15-9-10-16(27-2)17(11-15)28-3)22-23(21(26)29-18)12-13-5-7-14(8-6-13)20(24)25/h5-11,18H,4,12H2,1-3H3,(H,24,25). The van der Waals surface area contributed by atoms with Crippen LogP contribution in [0.3, 0.4) is 0 Å². The molecule has 0 radical (unpaired) electrons. The smallest absolute Gasteiger partial charge is 0.335 e. The van der Waals surface area contributed by atoms with E-state index in [0.29, 0.717) is 11.5 Å². The molecule has 0 saturated carbocycles. The Hall–Kier alpha value is -3.00. The average Bonchev–Trinajstić information content (AvgIpc) is 2.74. The zero-order valence-electron chi connectivity index (χ0n) is 16.4. The number of aromatic carboxylic acids is 1. The number of hydrazone groups is 1. The summed E-state index contributed by atoms with van der Waals surface area (Å²) >= 11 is 1.24. The van der Waals surface area contributed by atoms with Crippen molar-refractivity contribution < 1.29 is 24.2 Å². The van der Waals surface area contributed by atoms with Crippen LogP contribution in [0.4, 0.5) is 4.79 Å². The van der Waals surface area contributed by atoms with Gasteiger partial charge in [-0.05, 0) is 42.3 Å². The van der Waals surface area contributed by atoms with Crippen LogP contribution in [0.2, 0.25) is 0 Å². The van der Waals surface area contributed by atoms with Crippen molar-refractivity contribution in [3.05, 3.63) is 59.2 Å². The van der Waals surface area contributed by atoms with E-state index in [0.717, 1.165) is 23.3 Å². The summed E-state index contributed by atoms with van der Waals surface area (Å²) in [4.78, 5) is 23.6. The number of thioether (sulfide) groups is 1. The Morgan fingerprint density at radius 2 is 1.83 bits per heavy atom. The molecule has 1 aliphatic heterocycles. The van der Waals surface area contributed by atoms with Gasteiger partial charge >= 0.3 is 11.2 Å². The number of amides is 1. The van der Waals surface area contributed by atoms with Crippen molar-refractivity contribution in [2.45, 2.75) is 25.1 Å². The first-order valence-corrected chi connectivity index (χ1v) is 9.96. The maximum Gasteiger partial charge on any atom is 0.335 e. The highest BCUT2D eigenvalue weighted by Crippen LogP contribution is 2.33. The van der Waals surface area contributed by atoms with Gasteiger partial charge in [0.1, 0.15) is 0 Å². The topological polar surface area (TPSA) is 88.4 Å². The molecule has 0 saturated heterocycles. The first-order valence-electron chi connectivity index (χ1n) is 9.08. The molecule has 1 aliphatic rings. The van der Waals surface area contributed by atoms with E-state index >= 15 is 0 Å². The molecule has 1 N–H and O–H groups in total. The Bertz CT molecular complexity index is 943. The van der Waals surface area contributed by atoms with E-state index in [1.807, 2.05) is 25.1 Å². The normalized spacial score (nSPS) is 16.4. The molecule has 29 heavy (non-hydrogen) atoms. The van der Waals surface area contributed by atoms with Crippen LogP contribution in [-0.2, 0) is 6.54 Å². The SMILES string of the molecule is CCC1SC(=O)N(Cc2ccc(C(=O)O)cc2)N=C1c1ccc(OC)c(OC)c1. The number of carboxylic acid groups (broad SMARTS) is 1. The first kappa shape index (κ1) is 20.7. The zero-order valence-corrected chi connectivity index (χ0v) is 17.2. The highest BCUT2D eigenvalue weighted by Gasteiger charge is 2.30. The Morgan fingerprint density at radius 1 is 1.14 bits per heavy atom. The fourth-order valence-electron chi connectivity index (χ4n) is 3.02. The van der Waals surface area contributed by atoms with Crippen LogP contribution in [0.5, 0.6) is 11.5 Å². The van der Waals surface area contributed by atoms with Gasteiger partial charge < -0.3 is 14.6 Å². The summed E-state index contributed by atoms with van der Waals surface area (Å²) in [5.74, 6) is 0.237. The van der Waals surface area contributed by atoms with Crippen LogP contribution in [-0.4, -0.2) is 46.5 Å². The maximum absolute atomic E-state index is 12.6. The van der Waals surface area contributed by atoms with Crippen LogP contribution in [0.15, 0.2) is 47.6 Å². The molecule has 2 aromatic carbocycles. The molecule has 0 fully saturated rings. The Kier molecular flexibility index (Phi) is 6.43. The fraction of sp³-hybridized carbons (Fsp3) is 0.286. The number of carbonyl (C=O) groups excluding carboxylic acids is 1. The molecule has 1 atom stereocenters. The number of methoxy groups -OCH3 is 2. The van der Waals surface area contributed by atoms with Crippen LogP contribution in [0, 0.1) is 0 Å². The van der Waals surface area contributed by atoms with Crippen LogP contribution >= 0.6 is 11.8 Å². The number of ether oxygens (including phenoxy) is 2. The van der Waals surface area contributed by atoms with Gasteiger partial charge in [0, 0.05) is 5.56 Å². The lowest BCUT2D eigenvalue weighted by Crippen LogP contribution is -2.34. The molecule has 1 amide bonds. The number of rotatable bonds is 7. The van der Waals surface area contributed by atoms with E-state index in [9.17, 15) is 9.59 Å². The van der Waals surface area contributed by atoms with Crippen molar-refractivity contribution in [3.63, 3.8) is 0 Å². The van der Waals surface area contributed by atoms with Gasteiger partial charge in [0.15, 0.2) is 11.5 Å². The van der Waals surface area contributed by atoms with Gasteiger partial charge in [0.2, 0.25) is 0 Å². The van der Waals surface area contributed by atoms with E-state index in [4.69, 9.17) is 14.6 Å². The minimum Gasteiger partial charge on any atom is -0.493 e. The quantitative estimate of drug-likeness (QED) is 0.729. The minimum atomic E-state index is -0.985. The van der Waals surface area contributed by atoms with Gasteiger partial charge in [-0.2, -0.15) is 5.10 Å². The monoisotopic (exact) mass is 414 g/mol. The van der Waals surface area contributed by atoms with Crippen molar-refractivity contribution in [1.82, 2.24) is 5.01 Å². The predicted molar refractivity (Wildman–Crippen MR) is 112 cm³/mol. The highest BCUT2D eigenvalue weighted by molar-refractivity contribution is 8.14. The number of carbonyl (C=O) groups is 2. The summed E-state index contributed by atoms with van der Waals surface area (Å²) in [5, 5.41) is 14.9. The van der Waals surface area contributed by atoms with Crippen molar-refractivity contribution in [3.8, 4) is 11.5 Å². The molecule has 8 heteroatoms. The molecule has 0 bridgehead atoms. The summed E-state index contributed by atoms with van der Waals surface area (Å²) in [5.41, 5.74) is 2.66. The summed E-state index contributed by atoms with van der Waals surface area (Å²) in [6.07, 6.45) is 0.755. The number of carboxylic acids is 1. The molecule has 0 aromatic heterocycles.